The van der Waals surface area contributed by atoms with Gasteiger partial charge in [0, 0.05) is 18.8 Å². The molecule has 2 rings (SSSR count). The third kappa shape index (κ3) is 3.01. The summed E-state index contributed by atoms with van der Waals surface area (Å²) < 4.78 is 0. The summed E-state index contributed by atoms with van der Waals surface area (Å²) in [5.74, 6) is 0.814. The molecule has 0 amide bonds. The molecule has 0 spiro atoms. The number of hydrogen-bond acceptors (Lipinski definition) is 2. The van der Waals surface area contributed by atoms with Crippen molar-refractivity contribution in [3.05, 3.63) is 29.8 Å². The van der Waals surface area contributed by atoms with Crippen LogP contribution in [0.25, 0.3) is 0 Å². The van der Waals surface area contributed by atoms with Crippen LogP contribution in [0.3, 0.4) is 0 Å². The minimum absolute atomic E-state index is 0.529. The van der Waals surface area contributed by atoms with Gasteiger partial charge in [0.2, 0.25) is 0 Å². The Morgan fingerprint density at radius 1 is 1.00 bits per heavy atom. The summed E-state index contributed by atoms with van der Waals surface area (Å²) in [6, 6.07) is 9.37. The first-order chi connectivity index (χ1) is 8.35. The van der Waals surface area contributed by atoms with Gasteiger partial charge in [0.05, 0.1) is 0 Å². The Bertz CT molecular complexity index is 325. The standard InChI is InChI=1S/C15H24N2/c1-16-14-10-8-13(9-11-14)15(17-2)12-6-4-3-5-7-12/h8-12,15-17H,3-7H2,1-2H3. The van der Waals surface area contributed by atoms with Crippen LogP contribution >= 0.6 is 0 Å². The topological polar surface area (TPSA) is 24.1 Å². The summed E-state index contributed by atoms with van der Waals surface area (Å²) in [6.45, 7) is 0. The molecule has 1 aromatic carbocycles. The van der Waals surface area contributed by atoms with Crippen molar-refractivity contribution in [1.82, 2.24) is 5.32 Å². The molecule has 0 radical (unpaired) electrons. The van der Waals surface area contributed by atoms with E-state index in [-0.39, 0.29) is 0 Å². The van der Waals surface area contributed by atoms with Crippen LogP contribution in [-0.4, -0.2) is 14.1 Å². The summed E-state index contributed by atoms with van der Waals surface area (Å²) in [7, 11) is 4.05. The van der Waals surface area contributed by atoms with Gasteiger partial charge in [-0.2, -0.15) is 0 Å². The third-order valence-electron chi connectivity index (χ3n) is 3.99. The molecule has 0 aromatic heterocycles. The monoisotopic (exact) mass is 232 g/mol. The summed E-state index contributed by atoms with van der Waals surface area (Å²) >= 11 is 0. The smallest absolute Gasteiger partial charge is 0.0346 e. The van der Waals surface area contributed by atoms with Gasteiger partial charge in [-0.15, -0.1) is 0 Å². The Balaban J connectivity index is 2.10. The van der Waals surface area contributed by atoms with Crippen LogP contribution in [0.5, 0.6) is 0 Å². The van der Waals surface area contributed by atoms with Crippen LogP contribution in [0.2, 0.25) is 0 Å². The van der Waals surface area contributed by atoms with E-state index in [0.29, 0.717) is 6.04 Å². The lowest BCUT2D eigenvalue weighted by Crippen LogP contribution is -2.26. The van der Waals surface area contributed by atoms with Gasteiger partial charge in [-0.05, 0) is 43.5 Å². The number of rotatable bonds is 4. The van der Waals surface area contributed by atoms with Crippen LogP contribution < -0.4 is 10.6 Å². The summed E-state index contributed by atoms with van der Waals surface area (Å²) in [4.78, 5) is 0. The predicted molar refractivity (Wildman–Crippen MR) is 74.4 cm³/mol. The zero-order valence-electron chi connectivity index (χ0n) is 11.0. The molecule has 0 saturated heterocycles. The quantitative estimate of drug-likeness (QED) is 0.829. The van der Waals surface area contributed by atoms with E-state index in [1.807, 2.05) is 7.05 Å². The highest BCUT2D eigenvalue weighted by atomic mass is 14.9. The molecular weight excluding hydrogens is 208 g/mol. The van der Waals surface area contributed by atoms with Gasteiger partial charge in [0.15, 0.2) is 0 Å². The van der Waals surface area contributed by atoms with E-state index in [1.54, 1.807) is 0 Å². The normalized spacial score (nSPS) is 18.9. The Hall–Kier alpha value is -1.02. The summed E-state index contributed by atoms with van der Waals surface area (Å²) in [6.07, 6.45) is 6.97. The van der Waals surface area contributed by atoms with Gasteiger partial charge in [-0.25, -0.2) is 0 Å². The zero-order valence-corrected chi connectivity index (χ0v) is 11.0. The van der Waals surface area contributed by atoms with Crippen LogP contribution in [0, 0.1) is 5.92 Å². The Labute approximate surface area is 105 Å². The lowest BCUT2D eigenvalue weighted by atomic mass is 9.81. The van der Waals surface area contributed by atoms with Gasteiger partial charge < -0.3 is 10.6 Å². The molecule has 2 nitrogen and oxygen atoms in total. The second-order valence-corrected chi connectivity index (χ2v) is 5.04. The molecule has 2 heteroatoms. The fourth-order valence-electron chi connectivity index (χ4n) is 3.00. The van der Waals surface area contributed by atoms with E-state index in [0.717, 1.165) is 5.92 Å². The van der Waals surface area contributed by atoms with Gasteiger partial charge in [-0.1, -0.05) is 31.4 Å². The molecule has 0 bridgehead atoms. The molecule has 1 fully saturated rings. The molecule has 1 aliphatic rings. The van der Waals surface area contributed by atoms with E-state index in [9.17, 15) is 0 Å². The lowest BCUT2D eigenvalue weighted by Gasteiger charge is -2.30. The molecule has 1 saturated carbocycles. The van der Waals surface area contributed by atoms with Gasteiger partial charge in [-0.3, -0.25) is 0 Å². The first-order valence-corrected chi connectivity index (χ1v) is 6.80. The fourth-order valence-corrected chi connectivity index (χ4v) is 3.00. The molecule has 0 heterocycles. The van der Waals surface area contributed by atoms with Crippen molar-refractivity contribution in [2.24, 2.45) is 5.92 Å². The highest BCUT2D eigenvalue weighted by Crippen LogP contribution is 2.34. The largest absolute Gasteiger partial charge is 0.388 e. The molecule has 94 valence electrons. The minimum Gasteiger partial charge on any atom is -0.388 e. The van der Waals surface area contributed by atoms with Crippen molar-refractivity contribution in [2.75, 3.05) is 19.4 Å². The average Bonchev–Trinajstić information content (AvgIpc) is 2.42. The number of nitrogens with one attached hydrogen (secondary N) is 2. The van der Waals surface area contributed by atoms with Gasteiger partial charge in [0.1, 0.15) is 0 Å². The molecule has 2 N–H and O–H groups in total. The third-order valence-corrected chi connectivity index (χ3v) is 3.99. The molecule has 1 unspecified atom stereocenters. The number of benzene rings is 1. The summed E-state index contributed by atoms with van der Waals surface area (Å²) in [5, 5.41) is 6.68. The van der Waals surface area contributed by atoms with E-state index >= 15 is 0 Å². The highest BCUT2D eigenvalue weighted by molar-refractivity contribution is 5.44. The van der Waals surface area contributed by atoms with Gasteiger partial charge >= 0.3 is 0 Å². The second kappa shape index (κ2) is 6.06. The predicted octanol–water partition coefficient (Wildman–Crippen LogP) is 3.57. The van der Waals surface area contributed by atoms with Crippen LogP contribution in [-0.2, 0) is 0 Å². The molecule has 1 aliphatic carbocycles. The molecule has 1 atom stereocenters. The van der Waals surface area contributed by atoms with Crippen molar-refractivity contribution >= 4 is 5.69 Å². The first kappa shape index (κ1) is 12.4. The van der Waals surface area contributed by atoms with Gasteiger partial charge in [0.25, 0.3) is 0 Å². The highest BCUT2D eigenvalue weighted by Gasteiger charge is 2.23. The maximum Gasteiger partial charge on any atom is 0.0346 e. The number of hydrogen-bond donors (Lipinski definition) is 2. The molecule has 0 aliphatic heterocycles. The van der Waals surface area contributed by atoms with Crippen molar-refractivity contribution in [2.45, 2.75) is 38.1 Å². The summed E-state index contributed by atoms with van der Waals surface area (Å²) in [5.41, 5.74) is 2.62. The van der Waals surface area contributed by atoms with Crippen LogP contribution in [0.4, 0.5) is 5.69 Å². The van der Waals surface area contributed by atoms with E-state index < -0.39 is 0 Å². The first-order valence-electron chi connectivity index (χ1n) is 6.80. The molecule has 17 heavy (non-hydrogen) atoms. The lowest BCUT2D eigenvalue weighted by molar-refractivity contribution is 0.281. The maximum absolute atomic E-state index is 3.51. The SMILES string of the molecule is CNc1ccc(C(NC)C2CCCCC2)cc1. The van der Waals surface area contributed by atoms with Crippen LogP contribution in [0.15, 0.2) is 24.3 Å². The van der Waals surface area contributed by atoms with E-state index in [1.165, 1.54) is 43.4 Å². The number of anilines is 1. The average molecular weight is 232 g/mol. The van der Waals surface area contributed by atoms with E-state index in [4.69, 9.17) is 0 Å². The fraction of sp³-hybridized carbons (Fsp3) is 0.600. The van der Waals surface area contributed by atoms with Crippen molar-refractivity contribution < 1.29 is 0 Å². The maximum atomic E-state index is 3.51. The molecule has 1 aromatic rings. The van der Waals surface area contributed by atoms with Crippen LogP contribution in [0.1, 0.15) is 43.7 Å². The molecular formula is C15H24N2. The Morgan fingerprint density at radius 3 is 2.18 bits per heavy atom. The zero-order chi connectivity index (χ0) is 12.1. The minimum atomic E-state index is 0.529. The van der Waals surface area contributed by atoms with E-state index in [2.05, 4.69) is 41.9 Å². The Morgan fingerprint density at radius 2 is 1.65 bits per heavy atom. The Kier molecular flexibility index (Phi) is 4.43. The second-order valence-electron chi connectivity index (χ2n) is 5.04. The van der Waals surface area contributed by atoms with Crippen molar-refractivity contribution in [3.8, 4) is 0 Å². The van der Waals surface area contributed by atoms with Crippen molar-refractivity contribution in [1.29, 1.82) is 0 Å². The van der Waals surface area contributed by atoms with Crippen molar-refractivity contribution in [3.63, 3.8) is 0 Å².